The highest BCUT2D eigenvalue weighted by atomic mass is 16.3. The van der Waals surface area contributed by atoms with Gasteiger partial charge in [-0.2, -0.15) is 0 Å². The summed E-state index contributed by atoms with van der Waals surface area (Å²) in [6.07, 6.45) is 0.548. The number of aromatic hydroxyl groups is 1. The number of nitrogens with one attached hydrogen (secondary N) is 10. The van der Waals surface area contributed by atoms with Gasteiger partial charge in [0, 0.05) is 77.8 Å². The highest BCUT2D eigenvalue weighted by Gasteiger charge is 2.41. The Morgan fingerprint density at radius 1 is 0.672 bits per heavy atom. The number of hydrogen-bond donors (Lipinski definition) is 12. The SMILES string of the molecule is CCC(=O)N[C@H]1CNC[C@@H]1C(=O)NC[C@H](Cc1ccc(O)cc1)C(=O)N[C@H]1CNC[C@@H]1C(=O)N[C@H]1CNC[C@@H]1C(=O)N[C@H](CC(=O)N[C@H]1CNC[C@@H]1C(N)=O)C(C)C. The summed E-state index contributed by atoms with van der Waals surface area (Å²) in [6.45, 7) is 8.49. The topological polar surface area (TPSA) is 286 Å². The van der Waals surface area contributed by atoms with Gasteiger partial charge in [-0.05, 0) is 30.0 Å². The third-order valence-electron chi connectivity index (χ3n) is 11.8. The van der Waals surface area contributed by atoms with Gasteiger partial charge in [0.05, 0.1) is 53.8 Å². The molecule has 1 aromatic rings. The van der Waals surface area contributed by atoms with E-state index in [0.29, 0.717) is 58.8 Å². The van der Waals surface area contributed by atoms with Gasteiger partial charge in [0.2, 0.25) is 41.4 Å². The summed E-state index contributed by atoms with van der Waals surface area (Å²) < 4.78 is 0. The maximum Gasteiger partial charge on any atom is 0.226 e. The molecule has 4 heterocycles. The van der Waals surface area contributed by atoms with E-state index in [1.54, 1.807) is 19.1 Å². The zero-order valence-corrected chi connectivity index (χ0v) is 33.5. The van der Waals surface area contributed by atoms with E-state index in [1.807, 2.05) is 13.8 Å². The Kier molecular flexibility index (Phi) is 15.8. The third-order valence-corrected chi connectivity index (χ3v) is 11.8. The van der Waals surface area contributed by atoms with Crippen molar-refractivity contribution in [2.45, 2.75) is 70.2 Å². The van der Waals surface area contributed by atoms with E-state index in [2.05, 4.69) is 53.2 Å². The first-order valence-corrected chi connectivity index (χ1v) is 20.4. The summed E-state index contributed by atoms with van der Waals surface area (Å²) in [5.41, 5.74) is 6.25. The monoisotopic (exact) mass is 811 g/mol. The number of nitrogens with two attached hydrogens (primary N) is 1. The van der Waals surface area contributed by atoms with Crippen LogP contribution < -0.4 is 58.9 Å². The highest BCUT2D eigenvalue weighted by Crippen LogP contribution is 2.19. The Morgan fingerprint density at radius 2 is 1.17 bits per heavy atom. The molecule has 0 aliphatic carbocycles. The summed E-state index contributed by atoms with van der Waals surface area (Å²) in [5.74, 6) is -5.25. The maximum absolute atomic E-state index is 13.9. The highest BCUT2D eigenvalue weighted by molar-refractivity contribution is 5.87. The lowest BCUT2D eigenvalue weighted by Gasteiger charge is -2.28. The van der Waals surface area contributed by atoms with E-state index < -0.39 is 59.7 Å². The molecule has 0 aromatic heterocycles. The Balaban J connectivity index is 1.17. The summed E-state index contributed by atoms with van der Waals surface area (Å²) in [7, 11) is 0. The molecule has 0 unspecified atom stereocenters. The number of rotatable bonds is 18. The molecule has 19 heteroatoms. The number of carbonyl (C=O) groups is 7. The molecule has 5 rings (SSSR count). The van der Waals surface area contributed by atoms with Crippen molar-refractivity contribution in [2.24, 2.45) is 41.2 Å². The molecule has 320 valence electrons. The average Bonchev–Trinajstić information content (AvgIpc) is 4.02. The lowest BCUT2D eigenvalue weighted by atomic mass is 9.94. The van der Waals surface area contributed by atoms with Gasteiger partial charge in [-0.15, -0.1) is 0 Å². The molecule has 0 radical (unpaired) electrons. The molecule has 0 saturated carbocycles. The zero-order valence-electron chi connectivity index (χ0n) is 33.5. The predicted molar refractivity (Wildman–Crippen MR) is 212 cm³/mol. The molecule has 0 spiro atoms. The van der Waals surface area contributed by atoms with Crippen LogP contribution in [0.25, 0.3) is 0 Å². The standard InChI is InChI=1S/C39H61N11O8/c1-4-33(52)46-30-17-42-13-25(30)37(56)45-11-22(9-21-5-7-23(51)8-6-21)36(55)49-31-18-43-14-26(31)39(58)50-32-19-44-15-27(32)38(57)48-28(20(2)3)10-34(53)47-29-16-41-12-24(29)35(40)54/h5-8,20,22,24-32,41-44,51H,4,9-19H2,1-3H3,(H2,40,54)(H,45,56)(H,46,52)(H,47,53)(H,48,57)(H,49,55)(H,50,58)/t22-,24-,25-,26-,27-,28+,29-,30-,31-,32-/m0/s1. The summed E-state index contributed by atoms with van der Waals surface area (Å²) in [4.78, 5) is 91.5. The normalized spacial score (nSPS) is 27.7. The Labute approximate surface area is 338 Å². The van der Waals surface area contributed by atoms with Crippen LogP contribution in [0.5, 0.6) is 5.75 Å². The van der Waals surface area contributed by atoms with Crippen molar-refractivity contribution in [3.63, 3.8) is 0 Å². The molecule has 58 heavy (non-hydrogen) atoms. The predicted octanol–water partition coefficient (Wildman–Crippen LogP) is -4.09. The molecular weight excluding hydrogens is 750 g/mol. The molecule has 19 nitrogen and oxygen atoms in total. The molecule has 13 N–H and O–H groups in total. The summed E-state index contributed by atoms with van der Waals surface area (Å²) in [5, 5.41) is 40.1. The molecule has 4 aliphatic heterocycles. The van der Waals surface area contributed by atoms with Gasteiger partial charge in [-0.25, -0.2) is 0 Å². The van der Waals surface area contributed by atoms with Crippen molar-refractivity contribution < 1.29 is 38.7 Å². The smallest absolute Gasteiger partial charge is 0.226 e. The second-order valence-corrected chi connectivity index (χ2v) is 16.3. The number of phenolic OH excluding ortho intramolecular Hbond substituents is 1. The molecule has 4 aliphatic rings. The molecule has 7 amide bonds. The van der Waals surface area contributed by atoms with E-state index in [4.69, 9.17) is 5.73 Å². The summed E-state index contributed by atoms with van der Waals surface area (Å²) in [6, 6.07) is 4.05. The maximum atomic E-state index is 13.9. The van der Waals surface area contributed by atoms with Gasteiger partial charge in [0.15, 0.2) is 0 Å². The first kappa shape index (κ1) is 44.3. The number of hydrogen-bond acceptors (Lipinski definition) is 12. The quantitative estimate of drug-likeness (QED) is 0.0675. The number of amides is 7. The van der Waals surface area contributed by atoms with E-state index >= 15 is 0 Å². The summed E-state index contributed by atoms with van der Waals surface area (Å²) >= 11 is 0. The minimum Gasteiger partial charge on any atom is -0.508 e. The van der Waals surface area contributed by atoms with E-state index in [9.17, 15) is 38.7 Å². The van der Waals surface area contributed by atoms with Gasteiger partial charge in [-0.1, -0.05) is 32.9 Å². The van der Waals surface area contributed by atoms with Crippen molar-refractivity contribution in [1.29, 1.82) is 0 Å². The Morgan fingerprint density at radius 3 is 1.74 bits per heavy atom. The number of phenols is 1. The minimum atomic E-state index is -0.724. The van der Waals surface area contributed by atoms with E-state index in [0.717, 1.165) is 5.56 Å². The fraction of sp³-hybridized carbons (Fsp3) is 0.667. The molecular formula is C39H61N11O8. The molecule has 4 fully saturated rings. The fourth-order valence-electron chi connectivity index (χ4n) is 8.08. The van der Waals surface area contributed by atoms with Crippen molar-refractivity contribution in [3.05, 3.63) is 29.8 Å². The van der Waals surface area contributed by atoms with E-state index in [1.165, 1.54) is 12.1 Å². The lowest BCUT2D eigenvalue weighted by molar-refractivity contribution is -0.129. The van der Waals surface area contributed by atoms with E-state index in [-0.39, 0.29) is 72.5 Å². The lowest BCUT2D eigenvalue weighted by Crippen LogP contribution is -2.54. The average molecular weight is 812 g/mol. The Hall–Kier alpha value is -4.85. The van der Waals surface area contributed by atoms with Gasteiger partial charge in [-0.3, -0.25) is 33.6 Å². The van der Waals surface area contributed by atoms with Crippen molar-refractivity contribution in [2.75, 3.05) is 58.9 Å². The molecule has 1 aromatic carbocycles. The van der Waals surface area contributed by atoms with Crippen LogP contribution in [0.15, 0.2) is 24.3 Å². The van der Waals surface area contributed by atoms with Gasteiger partial charge in [0.25, 0.3) is 0 Å². The van der Waals surface area contributed by atoms with Crippen LogP contribution in [0.3, 0.4) is 0 Å². The fourth-order valence-corrected chi connectivity index (χ4v) is 8.08. The Bertz CT molecular complexity index is 1650. The molecule has 0 bridgehead atoms. The van der Waals surface area contributed by atoms with Gasteiger partial charge < -0.3 is 64.0 Å². The second kappa shape index (κ2) is 20.7. The van der Waals surface area contributed by atoms with Crippen molar-refractivity contribution in [3.8, 4) is 5.75 Å². The van der Waals surface area contributed by atoms with Gasteiger partial charge >= 0.3 is 0 Å². The van der Waals surface area contributed by atoms with Crippen molar-refractivity contribution in [1.82, 2.24) is 53.2 Å². The number of primary amides is 1. The van der Waals surface area contributed by atoms with Gasteiger partial charge in [0.1, 0.15) is 5.75 Å². The third kappa shape index (κ3) is 11.9. The number of carbonyl (C=O) groups excluding carboxylic acids is 7. The van der Waals surface area contributed by atoms with Crippen LogP contribution in [0.2, 0.25) is 0 Å². The molecule has 4 saturated heterocycles. The first-order chi connectivity index (χ1) is 27.7. The number of benzene rings is 1. The largest absolute Gasteiger partial charge is 0.508 e. The minimum absolute atomic E-state index is 0.00273. The van der Waals surface area contributed by atoms with Crippen LogP contribution >= 0.6 is 0 Å². The van der Waals surface area contributed by atoms with Crippen LogP contribution in [-0.4, -0.2) is 136 Å². The first-order valence-electron chi connectivity index (χ1n) is 20.4. The zero-order chi connectivity index (χ0) is 41.9. The second-order valence-electron chi connectivity index (χ2n) is 16.3. The molecule has 10 atom stereocenters. The van der Waals surface area contributed by atoms with Crippen LogP contribution in [0.4, 0.5) is 0 Å². The van der Waals surface area contributed by atoms with Crippen molar-refractivity contribution >= 4 is 41.4 Å². The van der Waals surface area contributed by atoms with Crippen LogP contribution in [0.1, 0.15) is 39.2 Å². The van der Waals surface area contributed by atoms with Crippen LogP contribution in [-0.2, 0) is 40.0 Å². The van der Waals surface area contributed by atoms with Crippen LogP contribution in [0, 0.1) is 35.5 Å².